The van der Waals surface area contributed by atoms with Crippen LogP contribution in [0.3, 0.4) is 0 Å². The van der Waals surface area contributed by atoms with Gasteiger partial charge in [-0.3, -0.25) is 4.79 Å². The van der Waals surface area contributed by atoms with E-state index in [2.05, 4.69) is 21.2 Å². The Labute approximate surface area is 143 Å². The van der Waals surface area contributed by atoms with Crippen LogP contribution in [0.1, 0.15) is 18.5 Å². The van der Waals surface area contributed by atoms with E-state index < -0.39 is 0 Å². The number of ether oxygens (including phenoxy) is 1. The number of hydrogen-bond acceptors (Lipinski definition) is 3. The topological polar surface area (TPSA) is 38.3 Å². The summed E-state index contributed by atoms with van der Waals surface area (Å²) in [6, 6.07) is 15.6. The maximum atomic E-state index is 12.1. The van der Waals surface area contributed by atoms with E-state index in [0.29, 0.717) is 5.75 Å². The lowest BCUT2D eigenvalue weighted by atomic mass is 10.1. The third kappa shape index (κ3) is 4.78. The highest BCUT2D eigenvalue weighted by atomic mass is 79.9. The first kappa shape index (κ1) is 16.9. The number of nitrogens with one attached hydrogen (secondary N) is 1. The molecule has 0 heterocycles. The molecule has 5 heteroatoms. The van der Waals surface area contributed by atoms with Crippen molar-refractivity contribution in [1.29, 1.82) is 0 Å². The van der Waals surface area contributed by atoms with Crippen LogP contribution in [0.15, 0.2) is 57.9 Å². The number of amides is 1. The number of hydrogen-bond donors (Lipinski definition) is 1. The fourth-order valence-corrected chi connectivity index (χ4v) is 3.35. The van der Waals surface area contributed by atoms with Crippen LogP contribution >= 0.6 is 27.7 Å². The lowest BCUT2D eigenvalue weighted by Crippen LogP contribution is -2.28. The van der Waals surface area contributed by atoms with Crippen LogP contribution in [0.25, 0.3) is 0 Å². The van der Waals surface area contributed by atoms with Crippen molar-refractivity contribution in [1.82, 2.24) is 5.32 Å². The normalized spacial score (nSPS) is 11.8. The second-order valence-electron chi connectivity index (χ2n) is 4.77. The van der Waals surface area contributed by atoms with Gasteiger partial charge in [0.05, 0.1) is 18.9 Å². The Morgan fingerprint density at radius 3 is 2.55 bits per heavy atom. The predicted molar refractivity (Wildman–Crippen MR) is 94.4 cm³/mol. The van der Waals surface area contributed by atoms with Gasteiger partial charge in [0.1, 0.15) is 5.75 Å². The van der Waals surface area contributed by atoms with Crippen LogP contribution in [-0.2, 0) is 4.79 Å². The minimum atomic E-state index is -0.0282. The van der Waals surface area contributed by atoms with E-state index in [0.717, 1.165) is 20.7 Å². The van der Waals surface area contributed by atoms with Gasteiger partial charge in [0.2, 0.25) is 5.91 Å². The highest BCUT2D eigenvalue weighted by Crippen LogP contribution is 2.24. The standard InChI is InChI=1S/C17H18BrNO2S/c1-12(15-5-3-4-6-16(15)18)19-17(20)11-22-14-9-7-13(21-2)8-10-14/h3-10,12H,11H2,1-2H3,(H,19,20)/t12-/m0/s1. The molecule has 2 rings (SSSR count). The summed E-state index contributed by atoms with van der Waals surface area (Å²) in [4.78, 5) is 13.1. The summed E-state index contributed by atoms with van der Waals surface area (Å²) in [6.45, 7) is 1.98. The molecular weight excluding hydrogens is 362 g/mol. The Bertz CT molecular complexity index is 631. The lowest BCUT2D eigenvalue weighted by Gasteiger charge is -2.15. The third-order valence-electron chi connectivity index (χ3n) is 3.18. The Morgan fingerprint density at radius 2 is 1.91 bits per heavy atom. The van der Waals surface area contributed by atoms with Gasteiger partial charge in [-0.1, -0.05) is 34.1 Å². The van der Waals surface area contributed by atoms with Gasteiger partial charge in [-0.2, -0.15) is 0 Å². The van der Waals surface area contributed by atoms with E-state index >= 15 is 0 Å². The molecule has 1 atom stereocenters. The highest BCUT2D eigenvalue weighted by molar-refractivity contribution is 9.10. The lowest BCUT2D eigenvalue weighted by molar-refractivity contribution is -0.119. The molecule has 1 N–H and O–H groups in total. The second kappa shape index (κ2) is 8.25. The SMILES string of the molecule is COc1ccc(SCC(=O)N[C@@H](C)c2ccccc2Br)cc1. The molecule has 22 heavy (non-hydrogen) atoms. The van der Waals surface area contributed by atoms with E-state index in [4.69, 9.17) is 4.74 Å². The van der Waals surface area contributed by atoms with Crippen LogP contribution in [0.2, 0.25) is 0 Å². The molecule has 0 radical (unpaired) electrons. The van der Waals surface area contributed by atoms with Crippen molar-refractivity contribution < 1.29 is 9.53 Å². The summed E-state index contributed by atoms with van der Waals surface area (Å²) in [5, 5.41) is 3.02. The highest BCUT2D eigenvalue weighted by Gasteiger charge is 2.12. The van der Waals surface area contributed by atoms with Crippen molar-refractivity contribution in [3.05, 3.63) is 58.6 Å². The average Bonchev–Trinajstić information content (AvgIpc) is 2.53. The fourth-order valence-electron chi connectivity index (χ4n) is 2.01. The minimum absolute atomic E-state index is 0.0177. The molecule has 0 fully saturated rings. The molecule has 0 unspecified atom stereocenters. The van der Waals surface area contributed by atoms with Crippen LogP contribution < -0.4 is 10.1 Å². The largest absolute Gasteiger partial charge is 0.497 e. The quantitative estimate of drug-likeness (QED) is 0.754. The van der Waals surface area contributed by atoms with Crippen LogP contribution in [0, 0.1) is 0 Å². The van der Waals surface area contributed by atoms with Gasteiger partial charge in [0, 0.05) is 9.37 Å². The van der Waals surface area contributed by atoms with Crippen LogP contribution in [-0.4, -0.2) is 18.8 Å². The molecule has 0 saturated carbocycles. The van der Waals surface area contributed by atoms with E-state index in [9.17, 15) is 4.79 Å². The van der Waals surface area contributed by atoms with E-state index in [1.54, 1.807) is 7.11 Å². The van der Waals surface area contributed by atoms with Gasteiger partial charge in [-0.25, -0.2) is 0 Å². The maximum Gasteiger partial charge on any atom is 0.230 e. The van der Waals surface area contributed by atoms with Gasteiger partial charge < -0.3 is 10.1 Å². The first-order valence-corrected chi connectivity index (χ1v) is 8.68. The molecule has 0 saturated heterocycles. The zero-order valence-electron chi connectivity index (χ0n) is 12.5. The van der Waals surface area contributed by atoms with Crippen molar-refractivity contribution in [2.45, 2.75) is 17.9 Å². The summed E-state index contributed by atoms with van der Waals surface area (Å²) < 4.78 is 6.12. The number of benzene rings is 2. The Kier molecular flexibility index (Phi) is 6.34. The number of thioether (sulfide) groups is 1. The molecular formula is C17H18BrNO2S. The van der Waals surface area contributed by atoms with Crippen molar-refractivity contribution in [3.8, 4) is 5.75 Å². The van der Waals surface area contributed by atoms with Crippen molar-refractivity contribution in [3.63, 3.8) is 0 Å². The van der Waals surface area contributed by atoms with E-state index in [1.807, 2.05) is 55.5 Å². The molecule has 0 aliphatic carbocycles. The molecule has 0 aromatic heterocycles. The van der Waals surface area contributed by atoms with Crippen molar-refractivity contribution in [2.75, 3.05) is 12.9 Å². The molecule has 2 aromatic carbocycles. The van der Waals surface area contributed by atoms with Crippen LogP contribution in [0.5, 0.6) is 5.75 Å². The molecule has 1 amide bonds. The van der Waals surface area contributed by atoms with Crippen molar-refractivity contribution >= 4 is 33.6 Å². The van der Waals surface area contributed by atoms with Crippen LogP contribution in [0.4, 0.5) is 0 Å². The van der Waals surface area contributed by atoms with E-state index in [1.165, 1.54) is 11.8 Å². The van der Waals surface area contributed by atoms with Gasteiger partial charge in [-0.15, -0.1) is 11.8 Å². The number of rotatable bonds is 6. The molecule has 0 bridgehead atoms. The molecule has 0 aliphatic heterocycles. The Morgan fingerprint density at radius 1 is 1.23 bits per heavy atom. The summed E-state index contributed by atoms with van der Waals surface area (Å²) >= 11 is 5.02. The third-order valence-corrected chi connectivity index (χ3v) is 4.91. The zero-order chi connectivity index (χ0) is 15.9. The first-order chi connectivity index (χ1) is 10.6. The Balaban J connectivity index is 1.86. The summed E-state index contributed by atoms with van der Waals surface area (Å²) in [5.74, 6) is 1.22. The molecule has 0 aliphatic rings. The number of methoxy groups -OCH3 is 1. The average molecular weight is 380 g/mol. The first-order valence-electron chi connectivity index (χ1n) is 6.91. The second-order valence-corrected chi connectivity index (χ2v) is 6.68. The van der Waals surface area contributed by atoms with Gasteiger partial charge >= 0.3 is 0 Å². The van der Waals surface area contributed by atoms with E-state index in [-0.39, 0.29) is 11.9 Å². The smallest absolute Gasteiger partial charge is 0.230 e. The fraction of sp³-hybridized carbons (Fsp3) is 0.235. The molecule has 116 valence electrons. The summed E-state index contributed by atoms with van der Waals surface area (Å²) in [5.41, 5.74) is 1.07. The predicted octanol–water partition coefficient (Wildman–Crippen LogP) is 4.43. The van der Waals surface area contributed by atoms with Gasteiger partial charge in [0.25, 0.3) is 0 Å². The summed E-state index contributed by atoms with van der Waals surface area (Å²) in [6.07, 6.45) is 0. The molecule has 3 nitrogen and oxygen atoms in total. The molecule has 0 spiro atoms. The minimum Gasteiger partial charge on any atom is -0.497 e. The maximum absolute atomic E-state index is 12.1. The number of halogens is 1. The van der Waals surface area contributed by atoms with Gasteiger partial charge in [0.15, 0.2) is 0 Å². The monoisotopic (exact) mass is 379 g/mol. The van der Waals surface area contributed by atoms with Gasteiger partial charge in [-0.05, 0) is 42.8 Å². The molecule has 2 aromatic rings. The Hall–Kier alpha value is -1.46. The van der Waals surface area contributed by atoms with Crippen molar-refractivity contribution in [2.24, 2.45) is 0 Å². The summed E-state index contributed by atoms with van der Waals surface area (Å²) in [7, 11) is 1.64. The zero-order valence-corrected chi connectivity index (χ0v) is 14.9. The number of carbonyl (C=O) groups excluding carboxylic acids is 1. The number of carbonyl (C=O) groups is 1.